The van der Waals surface area contributed by atoms with Crippen LogP contribution in [0.3, 0.4) is 0 Å². The van der Waals surface area contributed by atoms with Crippen LogP contribution in [0.2, 0.25) is 0 Å². The van der Waals surface area contributed by atoms with E-state index in [4.69, 9.17) is 10.5 Å². The molecule has 0 aromatic heterocycles. The van der Waals surface area contributed by atoms with E-state index in [-0.39, 0.29) is 0 Å². The maximum absolute atomic E-state index is 10.5. The van der Waals surface area contributed by atoms with Crippen molar-refractivity contribution in [1.29, 1.82) is 0 Å². The van der Waals surface area contributed by atoms with E-state index < -0.39 is 6.10 Å². The number of anilines is 1. The molecule has 0 aliphatic heterocycles. The van der Waals surface area contributed by atoms with E-state index in [1.807, 2.05) is 38.1 Å². The molecular formula is C16H19NO2. The summed E-state index contributed by atoms with van der Waals surface area (Å²) in [7, 11) is 1.57. The number of aryl methyl sites for hydroxylation is 2. The van der Waals surface area contributed by atoms with Crippen molar-refractivity contribution in [2.24, 2.45) is 0 Å². The Morgan fingerprint density at radius 1 is 1.11 bits per heavy atom. The van der Waals surface area contributed by atoms with Gasteiger partial charge in [-0.25, -0.2) is 0 Å². The quantitative estimate of drug-likeness (QED) is 0.831. The Kier molecular flexibility index (Phi) is 3.76. The van der Waals surface area contributed by atoms with Gasteiger partial charge in [-0.3, -0.25) is 0 Å². The topological polar surface area (TPSA) is 55.5 Å². The van der Waals surface area contributed by atoms with Gasteiger partial charge in [0, 0.05) is 5.56 Å². The fourth-order valence-electron chi connectivity index (χ4n) is 2.32. The second-order valence-electron chi connectivity index (χ2n) is 4.79. The summed E-state index contributed by atoms with van der Waals surface area (Å²) >= 11 is 0. The number of hydrogen-bond acceptors (Lipinski definition) is 3. The van der Waals surface area contributed by atoms with E-state index in [2.05, 4.69) is 6.07 Å². The summed E-state index contributed by atoms with van der Waals surface area (Å²) in [6.07, 6.45) is -0.742. The summed E-state index contributed by atoms with van der Waals surface area (Å²) in [4.78, 5) is 0. The van der Waals surface area contributed by atoms with Gasteiger partial charge in [0.2, 0.25) is 0 Å². The zero-order valence-electron chi connectivity index (χ0n) is 11.5. The molecule has 3 nitrogen and oxygen atoms in total. The molecule has 0 radical (unpaired) electrons. The maximum Gasteiger partial charge on any atom is 0.142 e. The SMILES string of the molecule is COc1cccc(C(O)c2cc(C)cc(C)c2)c1N. The smallest absolute Gasteiger partial charge is 0.142 e. The van der Waals surface area contributed by atoms with Gasteiger partial charge >= 0.3 is 0 Å². The average Bonchev–Trinajstić information content (AvgIpc) is 2.37. The van der Waals surface area contributed by atoms with E-state index in [0.29, 0.717) is 17.0 Å². The Morgan fingerprint density at radius 2 is 1.74 bits per heavy atom. The standard InChI is InChI=1S/C16H19NO2/c1-10-7-11(2)9-12(8-10)16(18)13-5-4-6-14(19-3)15(13)17/h4-9,16,18H,17H2,1-3H3. The Balaban J connectivity index is 2.46. The van der Waals surface area contributed by atoms with Crippen molar-refractivity contribution in [3.05, 3.63) is 58.7 Å². The van der Waals surface area contributed by atoms with Gasteiger partial charge < -0.3 is 15.6 Å². The molecule has 0 spiro atoms. The van der Waals surface area contributed by atoms with E-state index in [0.717, 1.165) is 16.7 Å². The van der Waals surface area contributed by atoms with Crippen molar-refractivity contribution < 1.29 is 9.84 Å². The van der Waals surface area contributed by atoms with Crippen LogP contribution in [0.5, 0.6) is 5.75 Å². The highest BCUT2D eigenvalue weighted by atomic mass is 16.5. The Hall–Kier alpha value is -2.00. The number of para-hydroxylation sites is 1. The summed E-state index contributed by atoms with van der Waals surface area (Å²) in [5.41, 5.74) is 10.3. The largest absolute Gasteiger partial charge is 0.495 e. The van der Waals surface area contributed by atoms with Crippen LogP contribution in [-0.2, 0) is 0 Å². The van der Waals surface area contributed by atoms with Gasteiger partial charge in [0.05, 0.1) is 12.8 Å². The Labute approximate surface area is 113 Å². The lowest BCUT2D eigenvalue weighted by Gasteiger charge is -2.17. The molecule has 0 amide bonds. The molecule has 2 aromatic carbocycles. The van der Waals surface area contributed by atoms with Gasteiger partial charge in [-0.05, 0) is 25.5 Å². The first-order chi connectivity index (χ1) is 9.02. The highest BCUT2D eigenvalue weighted by Crippen LogP contribution is 2.33. The predicted octanol–water partition coefficient (Wildman–Crippen LogP) is 2.98. The molecule has 0 fully saturated rings. The van der Waals surface area contributed by atoms with Crippen LogP contribution < -0.4 is 10.5 Å². The van der Waals surface area contributed by atoms with Crippen LogP contribution >= 0.6 is 0 Å². The van der Waals surface area contributed by atoms with Crippen LogP contribution in [0.1, 0.15) is 28.4 Å². The predicted molar refractivity (Wildman–Crippen MR) is 77.4 cm³/mol. The van der Waals surface area contributed by atoms with Crippen molar-refractivity contribution in [1.82, 2.24) is 0 Å². The molecule has 0 saturated heterocycles. The van der Waals surface area contributed by atoms with Gasteiger partial charge in [-0.15, -0.1) is 0 Å². The normalized spacial score (nSPS) is 12.2. The van der Waals surface area contributed by atoms with Crippen LogP contribution in [0, 0.1) is 13.8 Å². The van der Waals surface area contributed by atoms with Crippen LogP contribution in [-0.4, -0.2) is 12.2 Å². The minimum absolute atomic E-state index is 0.483. The maximum atomic E-state index is 10.5. The molecule has 0 bridgehead atoms. The third-order valence-corrected chi connectivity index (χ3v) is 3.17. The molecule has 2 aromatic rings. The van der Waals surface area contributed by atoms with E-state index in [1.54, 1.807) is 13.2 Å². The second kappa shape index (κ2) is 5.33. The molecule has 19 heavy (non-hydrogen) atoms. The number of aliphatic hydroxyl groups is 1. The summed E-state index contributed by atoms with van der Waals surface area (Å²) < 4.78 is 5.18. The van der Waals surface area contributed by atoms with Crippen molar-refractivity contribution >= 4 is 5.69 Å². The number of nitrogen functional groups attached to an aromatic ring is 1. The molecule has 1 atom stereocenters. The summed E-state index contributed by atoms with van der Waals surface area (Å²) in [6, 6.07) is 11.4. The Morgan fingerprint density at radius 3 is 2.32 bits per heavy atom. The van der Waals surface area contributed by atoms with E-state index in [1.165, 1.54) is 0 Å². The van der Waals surface area contributed by atoms with Crippen molar-refractivity contribution in [2.75, 3.05) is 12.8 Å². The first kappa shape index (κ1) is 13.4. The lowest BCUT2D eigenvalue weighted by molar-refractivity contribution is 0.220. The highest BCUT2D eigenvalue weighted by Gasteiger charge is 2.16. The minimum atomic E-state index is -0.742. The molecular weight excluding hydrogens is 238 g/mol. The number of aliphatic hydroxyl groups excluding tert-OH is 1. The van der Waals surface area contributed by atoms with Gasteiger partial charge in [0.1, 0.15) is 11.9 Å². The third kappa shape index (κ3) is 2.71. The Bertz CT molecular complexity index is 573. The second-order valence-corrected chi connectivity index (χ2v) is 4.79. The van der Waals surface area contributed by atoms with Crippen LogP contribution in [0.15, 0.2) is 36.4 Å². The van der Waals surface area contributed by atoms with Gasteiger partial charge in [-0.1, -0.05) is 41.5 Å². The number of benzene rings is 2. The van der Waals surface area contributed by atoms with E-state index >= 15 is 0 Å². The molecule has 2 rings (SSSR count). The lowest BCUT2D eigenvalue weighted by Crippen LogP contribution is -2.05. The van der Waals surface area contributed by atoms with Crippen molar-refractivity contribution in [2.45, 2.75) is 20.0 Å². The molecule has 3 N–H and O–H groups in total. The van der Waals surface area contributed by atoms with Crippen LogP contribution in [0.4, 0.5) is 5.69 Å². The first-order valence-electron chi connectivity index (χ1n) is 6.21. The van der Waals surface area contributed by atoms with Crippen LogP contribution in [0.25, 0.3) is 0 Å². The molecule has 0 aliphatic rings. The third-order valence-electron chi connectivity index (χ3n) is 3.17. The molecule has 3 heteroatoms. The summed E-state index contributed by atoms with van der Waals surface area (Å²) in [6.45, 7) is 4.02. The number of methoxy groups -OCH3 is 1. The van der Waals surface area contributed by atoms with Gasteiger partial charge in [-0.2, -0.15) is 0 Å². The highest BCUT2D eigenvalue weighted by molar-refractivity contribution is 5.60. The number of nitrogens with two attached hydrogens (primary N) is 1. The number of rotatable bonds is 3. The van der Waals surface area contributed by atoms with E-state index in [9.17, 15) is 5.11 Å². The van der Waals surface area contributed by atoms with Gasteiger partial charge in [0.15, 0.2) is 0 Å². The lowest BCUT2D eigenvalue weighted by atomic mass is 9.96. The van der Waals surface area contributed by atoms with Crippen molar-refractivity contribution in [3.63, 3.8) is 0 Å². The molecule has 1 unspecified atom stereocenters. The minimum Gasteiger partial charge on any atom is -0.495 e. The fraction of sp³-hybridized carbons (Fsp3) is 0.250. The van der Waals surface area contributed by atoms with Crippen molar-refractivity contribution in [3.8, 4) is 5.75 Å². The molecule has 0 saturated carbocycles. The zero-order valence-corrected chi connectivity index (χ0v) is 11.5. The average molecular weight is 257 g/mol. The van der Waals surface area contributed by atoms with Gasteiger partial charge in [0.25, 0.3) is 0 Å². The fourth-order valence-corrected chi connectivity index (χ4v) is 2.32. The first-order valence-corrected chi connectivity index (χ1v) is 6.21. The number of hydrogen-bond donors (Lipinski definition) is 2. The molecule has 100 valence electrons. The monoisotopic (exact) mass is 257 g/mol. The molecule has 0 aliphatic carbocycles. The number of ether oxygens (including phenoxy) is 1. The molecule has 0 heterocycles. The zero-order chi connectivity index (χ0) is 14.0. The summed E-state index contributed by atoms with van der Waals surface area (Å²) in [5.74, 6) is 0.584. The summed E-state index contributed by atoms with van der Waals surface area (Å²) in [5, 5.41) is 10.5.